The van der Waals surface area contributed by atoms with Gasteiger partial charge in [0.1, 0.15) is 0 Å². The second-order valence-electron chi connectivity index (χ2n) is 2.56. The Labute approximate surface area is 87.8 Å². The number of aliphatic hydroxyl groups is 2. The van der Waals surface area contributed by atoms with Crippen molar-refractivity contribution in [2.45, 2.75) is 5.37 Å². The lowest BCUT2D eigenvalue weighted by molar-refractivity contribution is 0.296. The first kappa shape index (κ1) is 13.3. The van der Waals surface area contributed by atoms with E-state index in [4.69, 9.17) is 15.9 Å². The summed E-state index contributed by atoms with van der Waals surface area (Å²) in [6, 6.07) is 0. The van der Waals surface area contributed by atoms with E-state index in [2.05, 4.69) is 6.58 Å². The third kappa shape index (κ3) is 8.64. The molecule has 13 heavy (non-hydrogen) atoms. The highest BCUT2D eigenvalue weighted by Gasteiger charge is 2.01. The molecule has 5 heteroatoms. The molecule has 0 aromatic rings. The van der Waals surface area contributed by atoms with E-state index in [-0.39, 0.29) is 18.6 Å². The first-order valence-corrected chi connectivity index (χ1v) is 6.24. The highest BCUT2D eigenvalue weighted by Crippen LogP contribution is 2.13. The zero-order valence-corrected chi connectivity index (χ0v) is 9.24. The van der Waals surface area contributed by atoms with Crippen molar-refractivity contribution in [2.24, 2.45) is 5.73 Å². The van der Waals surface area contributed by atoms with Crippen molar-refractivity contribution >= 4 is 23.5 Å². The first-order valence-electron chi connectivity index (χ1n) is 4.04. The minimum absolute atomic E-state index is 0.00172. The number of hydrogen-bond donors (Lipinski definition) is 3. The van der Waals surface area contributed by atoms with Crippen LogP contribution in [0.4, 0.5) is 0 Å². The molecule has 1 atom stereocenters. The molecule has 0 spiro atoms. The van der Waals surface area contributed by atoms with Crippen molar-refractivity contribution in [3.8, 4) is 0 Å². The monoisotopic (exact) mass is 223 g/mol. The van der Waals surface area contributed by atoms with E-state index in [1.165, 1.54) is 11.8 Å². The molecule has 3 nitrogen and oxygen atoms in total. The summed E-state index contributed by atoms with van der Waals surface area (Å²) in [6.07, 6.45) is 0. The van der Waals surface area contributed by atoms with Gasteiger partial charge in [0.15, 0.2) is 0 Å². The van der Waals surface area contributed by atoms with E-state index >= 15 is 0 Å². The summed E-state index contributed by atoms with van der Waals surface area (Å²) in [5.74, 6) is 2.38. The van der Waals surface area contributed by atoms with Gasteiger partial charge >= 0.3 is 0 Å². The predicted molar refractivity (Wildman–Crippen MR) is 61.1 cm³/mol. The molecule has 0 saturated carbocycles. The lowest BCUT2D eigenvalue weighted by atomic mass is 10.4. The summed E-state index contributed by atoms with van der Waals surface area (Å²) in [7, 11) is 0. The summed E-state index contributed by atoms with van der Waals surface area (Å²) >= 11 is 3.15. The molecular formula is C8H17NO2S2. The molecule has 0 aliphatic heterocycles. The zero-order chi connectivity index (χ0) is 10.1. The molecule has 0 bridgehead atoms. The van der Waals surface area contributed by atoms with Crippen molar-refractivity contribution in [2.75, 3.05) is 30.5 Å². The fourth-order valence-electron chi connectivity index (χ4n) is 0.600. The van der Waals surface area contributed by atoms with Crippen LogP contribution in [0.1, 0.15) is 0 Å². The molecule has 0 radical (unpaired) electrons. The number of aliphatic hydroxyl groups excluding tert-OH is 2. The van der Waals surface area contributed by atoms with Gasteiger partial charge in [0.05, 0.1) is 18.6 Å². The summed E-state index contributed by atoms with van der Waals surface area (Å²) in [4.78, 5) is 0. The summed E-state index contributed by atoms with van der Waals surface area (Å²) in [5.41, 5.74) is 6.59. The van der Waals surface area contributed by atoms with Gasteiger partial charge in [-0.2, -0.15) is 11.8 Å². The molecule has 78 valence electrons. The molecule has 0 heterocycles. The summed E-state index contributed by atoms with van der Waals surface area (Å²) in [5, 5.41) is 17.0. The van der Waals surface area contributed by atoms with Crippen LogP contribution < -0.4 is 5.73 Å². The van der Waals surface area contributed by atoms with E-state index in [1.54, 1.807) is 11.8 Å². The fourth-order valence-corrected chi connectivity index (χ4v) is 2.05. The maximum atomic E-state index is 8.65. The van der Waals surface area contributed by atoms with Crippen LogP contribution in [0.3, 0.4) is 0 Å². The van der Waals surface area contributed by atoms with Gasteiger partial charge in [-0.15, -0.1) is 11.8 Å². The highest BCUT2D eigenvalue weighted by atomic mass is 32.2. The van der Waals surface area contributed by atoms with Crippen molar-refractivity contribution in [1.82, 2.24) is 0 Å². The average Bonchev–Trinajstić information content (AvgIpc) is 2.14. The van der Waals surface area contributed by atoms with Crippen molar-refractivity contribution in [3.63, 3.8) is 0 Å². The standard InChI is InChI=1S/C8H17NO2S2/c1-7(5-12-3-2-10)6-13-8(9)4-11/h8,10-11H,1-6,9H2. The highest BCUT2D eigenvalue weighted by molar-refractivity contribution is 8.00. The Morgan fingerprint density at radius 3 is 2.62 bits per heavy atom. The van der Waals surface area contributed by atoms with Gasteiger partial charge in [0.2, 0.25) is 0 Å². The summed E-state index contributed by atoms with van der Waals surface area (Å²) < 4.78 is 0. The lowest BCUT2D eigenvalue weighted by Gasteiger charge is -2.08. The normalized spacial score (nSPS) is 12.8. The maximum absolute atomic E-state index is 8.65. The Hall–Kier alpha value is 0.320. The molecule has 0 aromatic carbocycles. The minimum Gasteiger partial charge on any atom is -0.396 e. The lowest BCUT2D eigenvalue weighted by Crippen LogP contribution is -2.20. The number of rotatable bonds is 8. The molecule has 0 fully saturated rings. The van der Waals surface area contributed by atoms with Crippen LogP contribution in [0, 0.1) is 0 Å². The summed E-state index contributed by atoms with van der Waals surface area (Å²) in [6.45, 7) is 4.08. The van der Waals surface area contributed by atoms with Crippen molar-refractivity contribution in [1.29, 1.82) is 0 Å². The van der Waals surface area contributed by atoms with Gasteiger partial charge in [-0.25, -0.2) is 0 Å². The molecule has 0 amide bonds. The van der Waals surface area contributed by atoms with Crippen molar-refractivity contribution in [3.05, 3.63) is 12.2 Å². The smallest absolute Gasteiger partial charge is 0.0745 e. The van der Waals surface area contributed by atoms with Crippen molar-refractivity contribution < 1.29 is 10.2 Å². The SMILES string of the molecule is C=C(CSCCO)CSC(N)CO. The quantitative estimate of drug-likeness (QED) is 0.313. The van der Waals surface area contributed by atoms with Gasteiger partial charge in [0, 0.05) is 17.3 Å². The van der Waals surface area contributed by atoms with Gasteiger partial charge in [-0.1, -0.05) is 12.2 Å². The second kappa shape index (κ2) is 8.90. The first-order chi connectivity index (χ1) is 6.20. The van der Waals surface area contributed by atoms with Gasteiger partial charge < -0.3 is 15.9 Å². The van der Waals surface area contributed by atoms with Crippen LogP contribution in [0.2, 0.25) is 0 Å². The Kier molecular flexibility index (Phi) is 9.12. The Morgan fingerprint density at radius 2 is 2.08 bits per heavy atom. The largest absolute Gasteiger partial charge is 0.396 e. The van der Waals surface area contributed by atoms with Crippen LogP contribution in [-0.4, -0.2) is 46.1 Å². The molecule has 1 unspecified atom stereocenters. The third-order valence-corrected chi connectivity index (χ3v) is 3.46. The second-order valence-corrected chi connectivity index (χ2v) is 4.89. The van der Waals surface area contributed by atoms with Gasteiger partial charge in [-0.05, 0) is 0 Å². The molecule has 0 aliphatic carbocycles. The molecular weight excluding hydrogens is 206 g/mol. The molecule has 4 N–H and O–H groups in total. The van der Waals surface area contributed by atoms with E-state index in [0.717, 1.165) is 22.8 Å². The van der Waals surface area contributed by atoms with E-state index < -0.39 is 0 Å². The van der Waals surface area contributed by atoms with E-state index in [9.17, 15) is 0 Å². The maximum Gasteiger partial charge on any atom is 0.0745 e. The van der Waals surface area contributed by atoms with Crippen LogP contribution >= 0.6 is 23.5 Å². The molecule has 0 saturated heterocycles. The Bertz CT molecular complexity index is 144. The van der Waals surface area contributed by atoms with Crippen LogP contribution in [0.15, 0.2) is 12.2 Å². The molecule has 0 aliphatic rings. The number of thioether (sulfide) groups is 2. The fraction of sp³-hybridized carbons (Fsp3) is 0.750. The topological polar surface area (TPSA) is 66.5 Å². The van der Waals surface area contributed by atoms with Gasteiger partial charge in [-0.3, -0.25) is 0 Å². The third-order valence-electron chi connectivity index (χ3n) is 1.22. The van der Waals surface area contributed by atoms with E-state index in [1.807, 2.05) is 0 Å². The van der Waals surface area contributed by atoms with Gasteiger partial charge in [0.25, 0.3) is 0 Å². The average molecular weight is 223 g/mol. The van der Waals surface area contributed by atoms with Crippen LogP contribution in [-0.2, 0) is 0 Å². The molecule has 0 rings (SSSR count). The molecule has 0 aromatic heterocycles. The minimum atomic E-state index is -0.209. The number of hydrogen-bond acceptors (Lipinski definition) is 5. The van der Waals surface area contributed by atoms with Crippen LogP contribution in [0.5, 0.6) is 0 Å². The zero-order valence-electron chi connectivity index (χ0n) is 7.61. The Morgan fingerprint density at radius 1 is 1.38 bits per heavy atom. The predicted octanol–water partition coefficient (Wildman–Crippen LogP) is 0.278. The number of nitrogens with two attached hydrogens (primary N) is 1. The van der Waals surface area contributed by atoms with Crippen LogP contribution in [0.25, 0.3) is 0 Å². The van der Waals surface area contributed by atoms with E-state index in [0.29, 0.717) is 0 Å². The Balaban J connectivity index is 3.30.